The first kappa shape index (κ1) is 12.7. The standard InChI is InChI=1S/C15H16N2O3/c1-9-12(15(19)20)5-7-17(9)14(18)11-2-3-13-10(8-11)4-6-16-13/h2-4,6,8-9,12,16H,5,7H2,1H3,(H,19,20). The molecule has 0 radical (unpaired) electrons. The van der Waals surface area contributed by atoms with Gasteiger partial charge in [-0.05, 0) is 37.6 Å². The van der Waals surface area contributed by atoms with Crippen molar-refractivity contribution in [3.8, 4) is 0 Å². The zero-order valence-corrected chi connectivity index (χ0v) is 11.2. The fourth-order valence-electron chi connectivity index (χ4n) is 2.91. The molecule has 20 heavy (non-hydrogen) atoms. The number of aromatic amines is 1. The van der Waals surface area contributed by atoms with Crippen molar-refractivity contribution in [1.29, 1.82) is 0 Å². The number of nitrogens with zero attached hydrogens (tertiary/aromatic N) is 1. The molecule has 2 N–H and O–H groups in total. The third-order valence-corrected chi connectivity index (χ3v) is 4.13. The predicted octanol–water partition coefficient (Wildman–Crippen LogP) is 2.10. The highest BCUT2D eigenvalue weighted by molar-refractivity contribution is 5.98. The van der Waals surface area contributed by atoms with E-state index in [1.807, 2.05) is 24.4 Å². The minimum Gasteiger partial charge on any atom is -0.481 e. The quantitative estimate of drug-likeness (QED) is 0.879. The van der Waals surface area contributed by atoms with E-state index < -0.39 is 11.9 Å². The summed E-state index contributed by atoms with van der Waals surface area (Å²) in [4.78, 5) is 28.4. The Labute approximate surface area is 116 Å². The van der Waals surface area contributed by atoms with E-state index in [9.17, 15) is 9.59 Å². The molecule has 5 nitrogen and oxygen atoms in total. The van der Waals surface area contributed by atoms with Gasteiger partial charge in [0, 0.05) is 35.2 Å². The molecule has 1 aliphatic heterocycles. The number of carbonyl (C=O) groups excluding carboxylic acids is 1. The predicted molar refractivity (Wildman–Crippen MR) is 74.5 cm³/mol. The second kappa shape index (κ2) is 4.67. The van der Waals surface area contributed by atoms with Crippen LogP contribution in [0.5, 0.6) is 0 Å². The fraction of sp³-hybridized carbons (Fsp3) is 0.333. The molecule has 2 atom stereocenters. The van der Waals surface area contributed by atoms with Crippen molar-refractivity contribution in [2.24, 2.45) is 5.92 Å². The van der Waals surface area contributed by atoms with Crippen molar-refractivity contribution in [1.82, 2.24) is 9.88 Å². The number of carboxylic acid groups (broad SMARTS) is 1. The zero-order valence-electron chi connectivity index (χ0n) is 11.2. The first-order valence-corrected chi connectivity index (χ1v) is 6.69. The van der Waals surface area contributed by atoms with Crippen molar-refractivity contribution in [3.63, 3.8) is 0 Å². The van der Waals surface area contributed by atoms with Crippen LogP contribution in [0, 0.1) is 5.92 Å². The Morgan fingerprint density at radius 1 is 1.35 bits per heavy atom. The zero-order chi connectivity index (χ0) is 14.3. The van der Waals surface area contributed by atoms with E-state index in [1.54, 1.807) is 17.9 Å². The number of amides is 1. The van der Waals surface area contributed by atoms with Gasteiger partial charge < -0.3 is 15.0 Å². The van der Waals surface area contributed by atoms with Gasteiger partial charge in [-0.3, -0.25) is 9.59 Å². The number of benzene rings is 1. The molecule has 0 bridgehead atoms. The van der Waals surface area contributed by atoms with Gasteiger partial charge in [0.25, 0.3) is 5.91 Å². The Morgan fingerprint density at radius 2 is 2.15 bits per heavy atom. The van der Waals surface area contributed by atoms with Crippen LogP contribution in [0.15, 0.2) is 30.5 Å². The second-order valence-corrected chi connectivity index (χ2v) is 5.25. The maximum Gasteiger partial charge on any atom is 0.308 e. The summed E-state index contributed by atoms with van der Waals surface area (Å²) < 4.78 is 0. The highest BCUT2D eigenvalue weighted by Crippen LogP contribution is 2.26. The first-order chi connectivity index (χ1) is 9.58. The minimum atomic E-state index is -0.825. The number of hydrogen-bond acceptors (Lipinski definition) is 2. The molecule has 2 heterocycles. The largest absolute Gasteiger partial charge is 0.481 e. The number of aromatic nitrogens is 1. The molecule has 1 aliphatic rings. The molecule has 2 aromatic rings. The number of nitrogens with one attached hydrogen (secondary N) is 1. The summed E-state index contributed by atoms with van der Waals surface area (Å²) in [6, 6.07) is 7.15. The molecular formula is C15H16N2O3. The summed E-state index contributed by atoms with van der Waals surface area (Å²) in [6.45, 7) is 2.31. The lowest BCUT2D eigenvalue weighted by Crippen LogP contribution is -2.37. The van der Waals surface area contributed by atoms with Crippen LogP contribution in [0.4, 0.5) is 0 Å². The van der Waals surface area contributed by atoms with Gasteiger partial charge in [-0.1, -0.05) is 0 Å². The van der Waals surface area contributed by atoms with Crippen LogP contribution in [-0.2, 0) is 4.79 Å². The summed E-state index contributed by atoms with van der Waals surface area (Å²) in [7, 11) is 0. The number of carbonyl (C=O) groups is 2. The van der Waals surface area contributed by atoms with Gasteiger partial charge in [0.15, 0.2) is 0 Å². The Bertz CT molecular complexity index is 677. The van der Waals surface area contributed by atoms with Gasteiger partial charge in [-0.15, -0.1) is 0 Å². The van der Waals surface area contributed by atoms with Crippen LogP contribution < -0.4 is 0 Å². The first-order valence-electron chi connectivity index (χ1n) is 6.69. The van der Waals surface area contributed by atoms with Gasteiger partial charge in [-0.25, -0.2) is 0 Å². The second-order valence-electron chi connectivity index (χ2n) is 5.25. The molecule has 2 unspecified atom stereocenters. The molecule has 1 saturated heterocycles. The normalized spacial score (nSPS) is 22.4. The van der Waals surface area contributed by atoms with E-state index in [0.717, 1.165) is 10.9 Å². The van der Waals surface area contributed by atoms with Crippen molar-refractivity contribution >= 4 is 22.8 Å². The molecule has 1 aromatic carbocycles. The molecule has 104 valence electrons. The molecule has 1 fully saturated rings. The number of rotatable bonds is 2. The number of H-pyrrole nitrogens is 1. The van der Waals surface area contributed by atoms with Crippen LogP contribution in [-0.4, -0.2) is 39.5 Å². The molecule has 1 aromatic heterocycles. The molecule has 0 aliphatic carbocycles. The maximum atomic E-state index is 12.5. The van der Waals surface area contributed by atoms with E-state index in [-0.39, 0.29) is 11.9 Å². The van der Waals surface area contributed by atoms with Gasteiger partial charge in [-0.2, -0.15) is 0 Å². The van der Waals surface area contributed by atoms with Gasteiger partial charge in [0.1, 0.15) is 0 Å². The lowest BCUT2D eigenvalue weighted by atomic mass is 10.0. The summed E-state index contributed by atoms with van der Waals surface area (Å²) in [5.74, 6) is -1.38. The van der Waals surface area contributed by atoms with E-state index in [2.05, 4.69) is 4.98 Å². The Hall–Kier alpha value is -2.30. The highest BCUT2D eigenvalue weighted by Gasteiger charge is 2.38. The third kappa shape index (κ3) is 1.95. The number of fused-ring (bicyclic) bond motifs is 1. The summed E-state index contributed by atoms with van der Waals surface area (Å²) >= 11 is 0. The number of carboxylic acids is 1. The third-order valence-electron chi connectivity index (χ3n) is 4.13. The molecule has 0 saturated carbocycles. The molecule has 3 rings (SSSR count). The van der Waals surface area contributed by atoms with E-state index in [4.69, 9.17) is 5.11 Å². The molecule has 5 heteroatoms. The SMILES string of the molecule is CC1C(C(=O)O)CCN1C(=O)c1ccc2[nH]ccc2c1. The minimum absolute atomic E-state index is 0.0932. The Kier molecular flexibility index (Phi) is 2.97. The Balaban J connectivity index is 1.87. The van der Waals surface area contributed by atoms with Gasteiger partial charge in [0.05, 0.1) is 5.92 Å². The monoisotopic (exact) mass is 272 g/mol. The number of hydrogen-bond donors (Lipinski definition) is 2. The lowest BCUT2D eigenvalue weighted by Gasteiger charge is -2.23. The van der Waals surface area contributed by atoms with Crippen molar-refractivity contribution in [2.45, 2.75) is 19.4 Å². The van der Waals surface area contributed by atoms with Crippen molar-refractivity contribution < 1.29 is 14.7 Å². The van der Waals surface area contributed by atoms with E-state index in [1.165, 1.54) is 0 Å². The molecule has 0 spiro atoms. The summed E-state index contributed by atoms with van der Waals surface area (Å²) in [5, 5.41) is 10.1. The average Bonchev–Trinajstić information content (AvgIpc) is 3.03. The summed E-state index contributed by atoms with van der Waals surface area (Å²) in [6.07, 6.45) is 2.35. The molecular weight excluding hydrogens is 256 g/mol. The van der Waals surface area contributed by atoms with Crippen molar-refractivity contribution in [3.05, 3.63) is 36.0 Å². The van der Waals surface area contributed by atoms with Crippen LogP contribution in [0.3, 0.4) is 0 Å². The van der Waals surface area contributed by atoms with E-state index >= 15 is 0 Å². The van der Waals surface area contributed by atoms with Crippen molar-refractivity contribution in [2.75, 3.05) is 6.54 Å². The van der Waals surface area contributed by atoms with Gasteiger partial charge in [0.2, 0.25) is 0 Å². The van der Waals surface area contributed by atoms with Crippen LogP contribution >= 0.6 is 0 Å². The fourth-order valence-corrected chi connectivity index (χ4v) is 2.91. The topological polar surface area (TPSA) is 73.4 Å². The smallest absolute Gasteiger partial charge is 0.308 e. The summed E-state index contributed by atoms with van der Waals surface area (Å²) in [5.41, 5.74) is 1.59. The van der Waals surface area contributed by atoms with Crippen LogP contribution in [0.25, 0.3) is 10.9 Å². The average molecular weight is 272 g/mol. The number of aliphatic carboxylic acids is 1. The van der Waals surface area contributed by atoms with E-state index in [0.29, 0.717) is 18.5 Å². The lowest BCUT2D eigenvalue weighted by molar-refractivity contribution is -0.142. The number of likely N-dealkylation sites (tertiary alicyclic amines) is 1. The van der Waals surface area contributed by atoms with Crippen LogP contribution in [0.2, 0.25) is 0 Å². The maximum absolute atomic E-state index is 12.5. The Morgan fingerprint density at radius 3 is 2.85 bits per heavy atom. The molecule has 1 amide bonds. The van der Waals surface area contributed by atoms with Gasteiger partial charge >= 0.3 is 5.97 Å². The van der Waals surface area contributed by atoms with Crippen LogP contribution in [0.1, 0.15) is 23.7 Å². The highest BCUT2D eigenvalue weighted by atomic mass is 16.4.